The van der Waals surface area contributed by atoms with E-state index in [2.05, 4.69) is 9.98 Å². The number of hydrogen-bond donors (Lipinski definition) is 3. The molecule has 0 spiro atoms. The minimum absolute atomic E-state index is 0.405. The topological polar surface area (TPSA) is 91.2 Å². The Morgan fingerprint density at radius 3 is 2.80 bits per heavy atom. The van der Waals surface area contributed by atoms with Crippen molar-refractivity contribution in [3.63, 3.8) is 0 Å². The van der Waals surface area contributed by atoms with E-state index in [4.69, 9.17) is 15.9 Å². The summed E-state index contributed by atoms with van der Waals surface area (Å²) in [5.74, 6) is 0.405. The van der Waals surface area contributed by atoms with Gasteiger partial charge in [0.25, 0.3) is 0 Å². The molecule has 2 unspecified atom stereocenters. The Bertz CT molecular complexity index is 197. The van der Waals surface area contributed by atoms with Crippen molar-refractivity contribution >= 4 is 12.1 Å². The lowest BCUT2D eigenvalue weighted by molar-refractivity contribution is -0.0125. The highest BCUT2D eigenvalue weighted by Crippen LogP contribution is 2.06. The number of rotatable bonds is 0. The van der Waals surface area contributed by atoms with Crippen LogP contribution >= 0.6 is 0 Å². The third kappa shape index (κ3) is 1.21. The van der Waals surface area contributed by atoms with Crippen LogP contribution in [0.3, 0.4) is 0 Å². The van der Waals surface area contributed by atoms with Crippen LogP contribution in [0.25, 0.3) is 0 Å². The molecule has 1 aliphatic heterocycles. The third-order valence-corrected chi connectivity index (χ3v) is 1.18. The minimum Gasteiger partial charge on any atom is -0.368 e. The predicted octanol–water partition coefficient (Wildman–Crippen LogP) is -1.55. The molecule has 0 bridgehead atoms. The van der Waals surface area contributed by atoms with Crippen LogP contribution in [0.1, 0.15) is 6.92 Å². The number of aliphatic hydroxyl groups is 2. The zero-order chi connectivity index (χ0) is 7.78. The first kappa shape index (κ1) is 7.33. The van der Waals surface area contributed by atoms with Gasteiger partial charge in [0, 0.05) is 0 Å². The fourth-order valence-corrected chi connectivity index (χ4v) is 0.577. The predicted molar refractivity (Wildman–Crippen MR) is 36.7 cm³/mol. The highest BCUT2D eigenvalue weighted by atomic mass is 16.4. The van der Waals surface area contributed by atoms with Crippen LogP contribution in [0, 0.1) is 0 Å². The summed E-state index contributed by atoms with van der Waals surface area (Å²) in [5.41, 5.74) is 3.33. The van der Waals surface area contributed by atoms with Gasteiger partial charge >= 0.3 is 0 Å². The Kier molecular flexibility index (Phi) is 1.55. The molecule has 0 fully saturated rings. The maximum Gasteiger partial charge on any atom is 0.197 e. The van der Waals surface area contributed by atoms with E-state index in [9.17, 15) is 0 Å². The molecule has 0 saturated carbocycles. The highest BCUT2D eigenvalue weighted by molar-refractivity contribution is 5.92. The molecule has 0 aromatic heterocycles. The number of aliphatic hydroxyl groups excluding tert-OH is 1. The molecule has 5 nitrogen and oxygen atoms in total. The van der Waals surface area contributed by atoms with Crippen molar-refractivity contribution in [3.05, 3.63) is 0 Å². The molecule has 4 N–H and O–H groups in total. The van der Waals surface area contributed by atoms with Crippen molar-refractivity contribution in [3.8, 4) is 0 Å². The maximum atomic E-state index is 9.03. The van der Waals surface area contributed by atoms with Gasteiger partial charge in [-0.1, -0.05) is 0 Å². The van der Waals surface area contributed by atoms with E-state index in [0.29, 0.717) is 5.84 Å². The van der Waals surface area contributed by atoms with E-state index in [1.165, 1.54) is 0 Å². The van der Waals surface area contributed by atoms with Crippen molar-refractivity contribution < 1.29 is 10.2 Å². The Labute approximate surface area is 57.9 Å². The molecule has 0 radical (unpaired) electrons. The van der Waals surface area contributed by atoms with E-state index in [0.717, 1.165) is 6.21 Å². The quantitative estimate of drug-likeness (QED) is 0.359. The molecule has 0 saturated heterocycles. The number of nitrogens with two attached hydrogens (primary N) is 1. The number of amidine groups is 1. The summed E-state index contributed by atoms with van der Waals surface area (Å²) in [7, 11) is 0. The molecule has 1 aliphatic rings. The fraction of sp³-hybridized carbons (Fsp3) is 0.600. The monoisotopic (exact) mass is 143 g/mol. The zero-order valence-electron chi connectivity index (χ0n) is 5.52. The van der Waals surface area contributed by atoms with Crippen LogP contribution in [0.15, 0.2) is 9.98 Å². The summed E-state index contributed by atoms with van der Waals surface area (Å²) in [6.07, 6.45) is -0.231. The smallest absolute Gasteiger partial charge is 0.197 e. The fourth-order valence-electron chi connectivity index (χ4n) is 0.577. The lowest BCUT2D eigenvalue weighted by atomic mass is 10.2. The lowest BCUT2D eigenvalue weighted by Gasteiger charge is -2.24. The van der Waals surface area contributed by atoms with Gasteiger partial charge in [-0.15, -0.1) is 0 Å². The second-order valence-corrected chi connectivity index (χ2v) is 2.20. The van der Waals surface area contributed by atoms with E-state index in [1.54, 1.807) is 6.92 Å². The van der Waals surface area contributed by atoms with Crippen LogP contribution < -0.4 is 5.73 Å². The van der Waals surface area contributed by atoms with Gasteiger partial charge in [-0.3, -0.25) is 5.73 Å². The normalized spacial score (nSPS) is 39.6. The summed E-state index contributed by atoms with van der Waals surface area (Å²) < 4.78 is 0. The average molecular weight is 143 g/mol. The Morgan fingerprint density at radius 1 is 1.80 bits per heavy atom. The third-order valence-electron chi connectivity index (χ3n) is 1.18. The van der Waals surface area contributed by atoms with E-state index in [1.807, 2.05) is 0 Å². The van der Waals surface area contributed by atoms with Crippen LogP contribution in [-0.4, -0.2) is 34.2 Å². The van der Waals surface area contributed by atoms with Crippen LogP contribution in [0.2, 0.25) is 0 Å². The Balaban J connectivity index is 2.84. The van der Waals surface area contributed by atoms with Crippen LogP contribution in [0.5, 0.6) is 0 Å². The SMILES string of the molecule is CC1=NC(O)C(N)(O)C=N1. The number of hydrogen-bond acceptors (Lipinski definition) is 5. The van der Waals surface area contributed by atoms with E-state index < -0.39 is 12.0 Å². The molecular weight excluding hydrogens is 134 g/mol. The lowest BCUT2D eigenvalue weighted by Crippen LogP contribution is -2.53. The summed E-state index contributed by atoms with van der Waals surface area (Å²) in [6.45, 7) is 1.61. The first-order valence-electron chi connectivity index (χ1n) is 2.81. The summed E-state index contributed by atoms with van der Waals surface area (Å²) in [4.78, 5) is 7.16. The molecule has 0 aliphatic carbocycles. The molecule has 1 heterocycles. The number of aliphatic imine (C=N–C) groups is 2. The van der Waals surface area contributed by atoms with Gasteiger partial charge in [-0.2, -0.15) is 0 Å². The Morgan fingerprint density at radius 2 is 2.40 bits per heavy atom. The van der Waals surface area contributed by atoms with E-state index in [-0.39, 0.29) is 0 Å². The number of nitrogens with zero attached hydrogens (tertiary/aromatic N) is 2. The van der Waals surface area contributed by atoms with Crippen molar-refractivity contribution in [1.29, 1.82) is 0 Å². The molecule has 0 aromatic rings. The van der Waals surface area contributed by atoms with Crippen molar-refractivity contribution in [2.24, 2.45) is 15.7 Å². The van der Waals surface area contributed by atoms with Gasteiger partial charge < -0.3 is 10.2 Å². The van der Waals surface area contributed by atoms with Gasteiger partial charge in [0.1, 0.15) is 5.84 Å². The molecule has 10 heavy (non-hydrogen) atoms. The van der Waals surface area contributed by atoms with Crippen molar-refractivity contribution in [1.82, 2.24) is 0 Å². The summed E-state index contributed by atoms with van der Waals surface area (Å²) in [6, 6.07) is 0. The van der Waals surface area contributed by atoms with Gasteiger partial charge in [0.05, 0.1) is 6.21 Å². The maximum absolute atomic E-state index is 9.03. The van der Waals surface area contributed by atoms with Crippen molar-refractivity contribution in [2.75, 3.05) is 0 Å². The van der Waals surface area contributed by atoms with Crippen molar-refractivity contribution in [2.45, 2.75) is 18.9 Å². The molecule has 1 rings (SSSR count). The molecule has 5 heteroatoms. The first-order chi connectivity index (χ1) is 4.52. The van der Waals surface area contributed by atoms with Gasteiger partial charge in [-0.25, -0.2) is 9.98 Å². The average Bonchev–Trinajstić information content (AvgIpc) is 1.81. The molecule has 0 amide bonds. The standard InChI is InChI=1S/C5H9N3O2/c1-3-7-2-5(6,10)4(9)8-3/h2,4,9-10H,6H2,1H3. The first-order valence-corrected chi connectivity index (χ1v) is 2.81. The highest BCUT2D eigenvalue weighted by Gasteiger charge is 2.31. The molecule has 2 atom stereocenters. The Hall–Kier alpha value is -0.780. The second kappa shape index (κ2) is 2.12. The van der Waals surface area contributed by atoms with Crippen LogP contribution in [0.4, 0.5) is 0 Å². The zero-order valence-corrected chi connectivity index (χ0v) is 5.52. The van der Waals surface area contributed by atoms with Gasteiger partial charge in [0.2, 0.25) is 0 Å². The summed E-state index contributed by atoms with van der Waals surface area (Å²) in [5, 5.41) is 18.0. The van der Waals surface area contributed by atoms with Gasteiger partial charge in [-0.05, 0) is 6.92 Å². The van der Waals surface area contributed by atoms with Gasteiger partial charge in [0.15, 0.2) is 12.0 Å². The molecule has 56 valence electrons. The largest absolute Gasteiger partial charge is 0.368 e. The van der Waals surface area contributed by atoms with Crippen LogP contribution in [-0.2, 0) is 0 Å². The van der Waals surface area contributed by atoms with E-state index >= 15 is 0 Å². The molecule has 0 aromatic carbocycles. The second-order valence-electron chi connectivity index (χ2n) is 2.20. The molecular formula is C5H9N3O2. The minimum atomic E-state index is -1.81. The summed E-state index contributed by atoms with van der Waals surface area (Å²) >= 11 is 0.